The van der Waals surface area contributed by atoms with Gasteiger partial charge in [-0.2, -0.15) is 13.2 Å². The summed E-state index contributed by atoms with van der Waals surface area (Å²) in [5.74, 6) is -3.16. The average Bonchev–Trinajstić information content (AvgIpc) is 3.12. The van der Waals surface area contributed by atoms with Crippen LogP contribution < -0.4 is 5.32 Å². The maximum Gasteiger partial charge on any atom is 0.449 e. The number of alkyl halides is 3. The van der Waals surface area contributed by atoms with Crippen LogP contribution in [0.15, 0.2) is 24.3 Å². The molecule has 0 saturated heterocycles. The van der Waals surface area contributed by atoms with Crippen LogP contribution in [0, 0.1) is 5.92 Å². The molecule has 6 nitrogen and oxygen atoms in total. The Morgan fingerprint density at radius 2 is 2.00 bits per heavy atom. The van der Waals surface area contributed by atoms with E-state index in [2.05, 4.69) is 10.3 Å². The van der Waals surface area contributed by atoms with E-state index in [1.807, 2.05) is 0 Å². The molecule has 0 unspecified atom stereocenters. The fourth-order valence-corrected chi connectivity index (χ4v) is 3.21. The zero-order valence-electron chi connectivity index (χ0n) is 13.1. The second-order valence-corrected chi connectivity index (χ2v) is 6.12. The first-order valence-electron chi connectivity index (χ1n) is 7.80. The number of carbonyl (C=O) groups is 2. The molecule has 1 heterocycles. The lowest BCUT2D eigenvalue weighted by molar-refractivity contribution is -0.147. The molecule has 2 N–H and O–H groups in total. The molecule has 25 heavy (non-hydrogen) atoms. The van der Waals surface area contributed by atoms with E-state index < -0.39 is 36.3 Å². The number of nitrogens with one attached hydrogen (secondary N) is 1. The number of aromatic nitrogens is 2. The molecule has 1 aromatic heterocycles. The summed E-state index contributed by atoms with van der Waals surface area (Å²) in [6.07, 6.45) is -3.44. The number of carboxylic acid groups (broad SMARTS) is 1. The number of hydrogen-bond acceptors (Lipinski definition) is 3. The third-order valence-corrected chi connectivity index (χ3v) is 4.36. The second-order valence-electron chi connectivity index (χ2n) is 6.12. The first kappa shape index (κ1) is 17.2. The van der Waals surface area contributed by atoms with E-state index >= 15 is 0 Å². The molecule has 0 radical (unpaired) electrons. The number of carboxylic acids is 1. The van der Waals surface area contributed by atoms with Gasteiger partial charge in [0, 0.05) is 6.04 Å². The molecule has 0 spiro atoms. The smallest absolute Gasteiger partial charge is 0.449 e. The molecule has 2 atom stereocenters. The van der Waals surface area contributed by atoms with Gasteiger partial charge in [-0.1, -0.05) is 12.1 Å². The highest BCUT2D eigenvalue weighted by molar-refractivity contribution is 5.81. The summed E-state index contributed by atoms with van der Waals surface area (Å²) >= 11 is 0. The summed E-state index contributed by atoms with van der Waals surface area (Å²) in [6.45, 7) is -0.524. The molecule has 0 aliphatic heterocycles. The van der Waals surface area contributed by atoms with Crippen molar-refractivity contribution >= 4 is 22.9 Å². The molecule has 1 amide bonds. The lowest BCUT2D eigenvalue weighted by Crippen LogP contribution is -2.36. The number of rotatable bonds is 4. The minimum absolute atomic E-state index is 0.162. The van der Waals surface area contributed by atoms with Crippen molar-refractivity contribution in [2.45, 2.75) is 38.0 Å². The highest BCUT2D eigenvalue weighted by Gasteiger charge is 2.38. The van der Waals surface area contributed by atoms with Gasteiger partial charge in [-0.05, 0) is 31.4 Å². The van der Waals surface area contributed by atoms with Gasteiger partial charge < -0.3 is 15.0 Å². The maximum atomic E-state index is 13.2. The van der Waals surface area contributed by atoms with Crippen LogP contribution in [0.3, 0.4) is 0 Å². The van der Waals surface area contributed by atoms with Crippen LogP contribution in [0.5, 0.6) is 0 Å². The second kappa shape index (κ2) is 6.38. The van der Waals surface area contributed by atoms with Gasteiger partial charge in [0.15, 0.2) is 0 Å². The molecule has 0 bridgehead atoms. The molecule has 3 rings (SSSR count). The summed E-state index contributed by atoms with van der Waals surface area (Å²) in [4.78, 5) is 26.7. The Morgan fingerprint density at radius 3 is 2.64 bits per heavy atom. The number of nitrogens with zero attached hydrogens (tertiary/aromatic N) is 2. The Morgan fingerprint density at radius 1 is 1.28 bits per heavy atom. The number of carbonyl (C=O) groups excluding carboxylic acids is 1. The first-order chi connectivity index (χ1) is 11.8. The van der Waals surface area contributed by atoms with Crippen molar-refractivity contribution in [1.29, 1.82) is 0 Å². The lowest BCUT2D eigenvalue weighted by Gasteiger charge is -2.15. The van der Waals surface area contributed by atoms with Crippen molar-refractivity contribution in [1.82, 2.24) is 14.9 Å². The molecule has 1 saturated carbocycles. The largest absolute Gasteiger partial charge is 0.481 e. The number of benzene rings is 1. The van der Waals surface area contributed by atoms with Gasteiger partial charge in [0.25, 0.3) is 0 Å². The number of aliphatic carboxylic acids is 1. The maximum absolute atomic E-state index is 13.2. The predicted octanol–water partition coefficient (Wildman–Crippen LogP) is 2.42. The van der Waals surface area contributed by atoms with Crippen LogP contribution in [0.2, 0.25) is 0 Å². The van der Waals surface area contributed by atoms with Crippen molar-refractivity contribution in [3.8, 4) is 0 Å². The number of para-hydroxylation sites is 2. The summed E-state index contributed by atoms with van der Waals surface area (Å²) in [6, 6.07) is 5.74. The third kappa shape index (κ3) is 3.59. The van der Waals surface area contributed by atoms with Crippen LogP contribution in [0.1, 0.15) is 25.1 Å². The SMILES string of the molecule is O=C(Cn1c(C(F)(F)F)nc2ccccc21)N[C@H]1CC[C@@H](C(=O)O)C1. The van der Waals surface area contributed by atoms with E-state index in [-0.39, 0.29) is 23.5 Å². The van der Waals surface area contributed by atoms with Crippen LogP contribution >= 0.6 is 0 Å². The minimum atomic E-state index is -4.68. The van der Waals surface area contributed by atoms with Gasteiger partial charge in [0.05, 0.1) is 17.0 Å². The molecule has 9 heteroatoms. The summed E-state index contributed by atoms with van der Waals surface area (Å²) < 4.78 is 40.4. The molecule has 1 aromatic carbocycles. The predicted molar refractivity (Wildman–Crippen MR) is 81.6 cm³/mol. The van der Waals surface area contributed by atoms with Crippen LogP contribution in [-0.4, -0.2) is 32.6 Å². The molecular weight excluding hydrogens is 339 g/mol. The molecule has 1 aliphatic rings. The Labute approximate surface area is 140 Å². The Kier molecular flexibility index (Phi) is 4.40. The standard InChI is InChI=1S/C16H16F3N3O3/c17-16(18,19)15-21-11-3-1-2-4-12(11)22(15)8-13(23)20-10-6-5-9(7-10)14(24)25/h1-4,9-10H,5-8H2,(H,20,23)(H,24,25)/t9-,10+/m1/s1. The number of hydrogen-bond donors (Lipinski definition) is 2. The normalized spacial score (nSPS) is 20.8. The lowest BCUT2D eigenvalue weighted by atomic mass is 10.1. The van der Waals surface area contributed by atoms with Gasteiger partial charge in [-0.15, -0.1) is 0 Å². The highest BCUT2D eigenvalue weighted by Crippen LogP contribution is 2.31. The van der Waals surface area contributed by atoms with Gasteiger partial charge >= 0.3 is 12.1 Å². The van der Waals surface area contributed by atoms with E-state index in [0.717, 1.165) is 4.57 Å². The third-order valence-electron chi connectivity index (χ3n) is 4.36. The summed E-state index contributed by atoms with van der Waals surface area (Å²) in [5, 5.41) is 11.6. The van der Waals surface area contributed by atoms with Crippen LogP contribution in [0.4, 0.5) is 13.2 Å². The van der Waals surface area contributed by atoms with Crippen molar-refractivity contribution in [3.05, 3.63) is 30.1 Å². The fourth-order valence-electron chi connectivity index (χ4n) is 3.21. The Hall–Kier alpha value is -2.58. The topological polar surface area (TPSA) is 84.2 Å². The average molecular weight is 355 g/mol. The zero-order valence-corrected chi connectivity index (χ0v) is 13.1. The summed E-state index contributed by atoms with van der Waals surface area (Å²) in [7, 11) is 0. The van der Waals surface area contributed by atoms with E-state index in [1.165, 1.54) is 12.1 Å². The molecule has 1 fully saturated rings. The first-order valence-corrected chi connectivity index (χ1v) is 7.80. The molecular formula is C16H16F3N3O3. The van der Waals surface area contributed by atoms with E-state index in [0.29, 0.717) is 12.8 Å². The minimum Gasteiger partial charge on any atom is -0.481 e. The van der Waals surface area contributed by atoms with Crippen molar-refractivity contribution in [3.63, 3.8) is 0 Å². The molecule has 1 aliphatic carbocycles. The van der Waals surface area contributed by atoms with Gasteiger partial charge in [0.2, 0.25) is 11.7 Å². The Balaban J connectivity index is 1.78. The van der Waals surface area contributed by atoms with E-state index in [1.54, 1.807) is 12.1 Å². The quantitative estimate of drug-likeness (QED) is 0.882. The molecule has 2 aromatic rings. The fraction of sp³-hybridized carbons (Fsp3) is 0.438. The summed E-state index contributed by atoms with van der Waals surface area (Å²) in [5.41, 5.74) is 0.384. The van der Waals surface area contributed by atoms with Crippen molar-refractivity contribution in [2.24, 2.45) is 5.92 Å². The van der Waals surface area contributed by atoms with Crippen LogP contribution in [0.25, 0.3) is 11.0 Å². The Bertz CT molecular complexity index is 816. The van der Waals surface area contributed by atoms with Crippen LogP contribution in [-0.2, 0) is 22.3 Å². The van der Waals surface area contributed by atoms with Gasteiger partial charge in [0.1, 0.15) is 6.54 Å². The van der Waals surface area contributed by atoms with E-state index in [9.17, 15) is 22.8 Å². The van der Waals surface area contributed by atoms with E-state index in [4.69, 9.17) is 5.11 Å². The molecule has 134 valence electrons. The monoisotopic (exact) mass is 355 g/mol. The number of fused-ring (bicyclic) bond motifs is 1. The van der Waals surface area contributed by atoms with Crippen molar-refractivity contribution < 1.29 is 27.9 Å². The number of halogens is 3. The number of imidazole rings is 1. The van der Waals surface area contributed by atoms with Gasteiger partial charge in [-0.3, -0.25) is 9.59 Å². The number of amides is 1. The highest BCUT2D eigenvalue weighted by atomic mass is 19.4. The zero-order chi connectivity index (χ0) is 18.2. The van der Waals surface area contributed by atoms with Crippen molar-refractivity contribution in [2.75, 3.05) is 0 Å². The van der Waals surface area contributed by atoms with Gasteiger partial charge in [-0.25, -0.2) is 4.98 Å².